The summed E-state index contributed by atoms with van der Waals surface area (Å²) in [5.74, 6) is 11.8. The smallest absolute Gasteiger partial charge is 0.250 e. The minimum absolute atomic E-state index is 0.174. The van der Waals surface area contributed by atoms with Crippen LogP contribution in [0.4, 0.5) is 8.78 Å². The second kappa shape index (κ2) is 10.2. The number of benzene rings is 2. The van der Waals surface area contributed by atoms with Crippen molar-refractivity contribution in [2.45, 2.75) is 44.4 Å². The molecule has 0 aliphatic carbocycles. The fourth-order valence-electron chi connectivity index (χ4n) is 3.12. The largest absolute Gasteiger partial charge is 0.327 e. The van der Waals surface area contributed by atoms with E-state index in [1.165, 1.54) is 5.56 Å². The van der Waals surface area contributed by atoms with Gasteiger partial charge in [-0.3, -0.25) is 0 Å². The van der Waals surface area contributed by atoms with Crippen LogP contribution in [-0.4, -0.2) is 25.1 Å². The minimum Gasteiger partial charge on any atom is -0.327 e. The Kier molecular flexibility index (Phi) is 7.38. The van der Waals surface area contributed by atoms with Gasteiger partial charge in [-0.15, -0.1) is 0 Å². The Bertz CT molecular complexity index is 907. The summed E-state index contributed by atoms with van der Waals surface area (Å²) in [6, 6.07) is 16.6. The molecule has 0 amide bonds. The van der Waals surface area contributed by atoms with Gasteiger partial charge in [-0.1, -0.05) is 36.1 Å². The van der Waals surface area contributed by atoms with Crippen LogP contribution in [0, 0.1) is 23.7 Å². The normalized spacial score (nSPS) is 18.8. The summed E-state index contributed by atoms with van der Waals surface area (Å²) in [7, 11) is 0. The van der Waals surface area contributed by atoms with Crippen molar-refractivity contribution in [1.82, 2.24) is 10.6 Å². The predicted molar refractivity (Wildman–Crippen MR) is 112 cm³/mol. The van der Waals surface area contributed by atoms with Gasteiger partial charge in [-0.05, 0) is 60.6 Å². The molecule has 3 atom stereocenters. The second-order valence-electron chi connectivity index (χ2n) is 7.26. The molecule has 1 saturated heterocycles. The maximum absolute atomic E-state index is 12.1. The van der Waals surface area contributed by atoms with Crippen LogP contribution in [-0.2, 0) is 6.54 Å². The van der Waals surface area contributed by atoms with E-state index < -0.39 is 6.43 Å². The molecule has 1 heterocycles. The molecule has 0 saturated carbocycles. The standard InChI is InChI=1S/C24H25F2N3/c1-17(27)22-14-23(29-22)21-12-10-19(11-13-21)5-3-2-4-18-6-8-20(9-7-18)15-28-16-24(25)26/h6-13,17,22-24,28-29H,14-16,27H2,1H3/t17-,22-,23?/m1/s1. The van der Waals surface area contributed by atoms with Crippen molar-refractivity contribution in [3.63, 3.8) is 0 Å². The Morgan fingerprint density at radius 3 is 2.10 bits per heavy atom. The molecule has 2 aromatic carbocycles. The Hall–Kier alpha value is -2.70. The number of hydrogen-bond acceptors (Lipinski definition) is 3. The lowest BCUT2D eigenvalue weighted by Crippen LogP contribution is -2.54. The fraction of sp³-hybridized carbons (Fsp3) is 0.333. The van der Waals surface area contributed by atoms with Crippen molar-refractivity contribution >= 4 is 0 Å². The van der Waals surface area contributed by atoms with E-state index in [9.17, 15) is 8.78 Å². The van der Waals surface area contributed by atoms with Crippen LogP contribution < -0.4 is 16.4 Å². The lowest BCUT2D eigenvalue weighted by atomic mass is 9.87. The Labute approximate surface area is 171 Å². The summed E-state index contributed by atoms with van der Waals surface area (Å²) in [5.41, 5.74) is 9.84. The zero-order valence-corrected chi connectivity index (χ0v) is 16.4. The van der Waals surface area contributed by atoms with Crippen LogP contribution >= 0.6 is 0 Å². The summed E-state index contributed by atoms with van der Waals surface area (Å²) < 4.78 is 24.2. The highest BCUT2D eigenvalue weighted by molar-refractivity contribution is 5.45. The van der Waals surface area contributed by atoms with Crippen molar-refractivity contribution in [2.75, 3.05) is 6.54 Å². The van der Waals surface area contributed by atoms with Gasteiger partial charge in [0.25, 0.3) is 6.43 Å². The minimum atomic E-state index is -2.34. The summed E-state index contributed by atoms with van der Waals surface area (Å²) in [5, 5.41) is 6.18. The average molecular weight is 393 g/mol. The van der Waals surface area contributed by atoms with Crippen LogP contribution in [0.5, 0.6) is 0 Å². The molecule has 1 aliphatic heterocycles. The molecule has 29 heavy (non-hydrogen) atoms. The summed E-state index contributed by atoms with van der Waals surface area (Å²) in [4.78, 5) is 0. The fourth-order valence-corrected chi connectivity index (χ4v) is 3.12. The average Bonchev–Trinajstić information content (AvgIpc) is 2.66. The van der Waals surface area contributed by atoms with E-state index >= 15 is 0 Å². The first-order chi connectivity index (χ1) is 14.0. The molecule has 0 radical (unpaired) electrons. The van der Waals surface area contributed by atoms with E-state index in [0.717, 1.165) is 23.1 Å². The highest BCUT2D eigenvalue weighted by Crippen LogP contribution is 2.28. The van der Waals surface area contributed by atoms with Gasteiger partial charge >= 0.3 is 0 Å². The van der Waals surface area contributed by atoms with Crippen molar-refractivity contribution in [3.8, 4) is 23.7 Å². The number of alkyl halides is 2. The maximum Gasteiger partial charge on any atom is 0.250 e. The zero-order chi connectivity index (χ0) is 20.6. The summed E-state index contributed by atoms with van der Waals surface area (Å²) in [6.45, 7) is 2.13. The highest BCUT2D eigenvalue weighted by atomic mass is 19.3. The van der Waals surface area contributed by atoms with Crippen LogP contribution in [0.1, 0.15) is 41.6 Å². The molecule has 1 fully saturated rings. The topological polar surface area (TPSA) is 50.1 Å². The Morgan fingerprint density at radius 1 is 1.03 bits per heavy atom. The summed E-state index contributed by atoms with van der Waals surface area (Å²) in [6.07, 6.45) is -1.27. The lowest BCUT2D eigenvalue weighted by Gasteiger charge is -2.40. The van der Waals surface area contributed by atoms with E-state index in [-0.39, 0.29) is 12.6 Å². The van der Waals surface area contributed by atoms with Gasteiger partial charge in [-0.2, -0.15) is 0 Å². The zero-order valence-electron chi connectivity index (χ0n) is 16.4. The van der Waals surface area contributed by atoms with E-state index in [4.69, 9.17) is 5.73 Å². The molecule has 5 heteroatoms. The van der Waals surface area contributed by atoms with Crippen LogP contribution in [0.15, 0.2) is 48.5 Å². The van der Waals surface area contributed by atoms with E-state index in [1.807, 2.05) is 43.3 Å². The van der Waals surface area contributed by atoms with E-state index in [0.29, 0.717) is 18.6 Å². The number of hydrogen-bond donors (Lipinski definition) is 3. The predicted octanol–water partition coefficient (Wildman–Crippen LogP) is 3.19. The van der Waals surface area contributed by atoms with Crippen LogP contribution in [0.3, 0.4) is 0 Å². The number of halogens is 2. The van der Waals surface area contributed by atoms with Gasteiger partial charge in [-0.25, -0.2) is 8.78 Å². The molecule has 4 N–H and O–H groups in total. The van der Waals surface area contributed by atoms with Gasteiger partial charge < -0.3 is 16.4 Å². The monoisotopic (exact) mass is 393 g/mol. The van der Waals surface area contributed by atoms with Gasteiger partial charge in [0.1, 0.15) is 0 Å². The van der Waals surface area contributed by atoms with Crippen molar-refractivity contribution < 1.29 is 8.78 Å². The Balaban J connectivity index is 1.49. The molecule has 3 rings (SSSR count). The second-order valence-corrected chi connectivity index (χ2v) is 7.26. The quantitative estimate of drug-likeness (QED) is 0.661. The molecular weight excluding hydrogens is 368 g/mol. The molecule has 0 spiro atoms. The number of rotatable bonds is 6. The SMILES string of the molecule is C[C@@H](N)[C@H]1CC(c2ccc(C#CC#Cc3ccc(CNCC(F)F)cc3)cc2)N1. The van der Waals surface area contributed by atoms with Crippen molar-refractivity contribution in [1.29, 1.82) is 0 Å². The van der Waals surface area contributed by atoms with Gasteiger partial charge in [0.05, 0.1) is 6.54 Å². The third-order valence-corrected chi connectivity index (χ3v) is 4.91. The van der Waals surface area contributed by atoms with Gasteiger partial charge in [0.15, 0.2) is 0 Å². The van der Waals surface area contributed by atoms with E-state index in [2.05, 4.69) is 46.4 Å². The molecule has 2 aromatic rings. The number of nitrogens with one attached hydrogen (secondary N) is 2. The number of nitrogens with two attached hydrogens (primary N) is 1. The molecular formula is C24H25F2N3. The molecule has 0 bridgehead atoms. The third kappa shape index (κ3) is 6.41. The molecule has 1 unspecified atom stereocenters. The van der Waals surface area contributed by atoms with Crippen LogP contribution in [0.2, 0.25) is 0 Å². The molecule has 150 valence electrons. The van der Waals surface area contributed by atoms with Crippen molar-refractivity contribution in [2.24, 2.45) is 5.73 Å². The maximum atomic E-state index is 12.1. The van der Waals surface area contributed by atoms with Gasteiger partial charge in [0.2, 0.25) is 0 Å². The first-order valence-corrected chi connectivity index (χ1v) is 9.72. The molecule has 0 aromatic heterocycles. The first kappa shape index (κ1) is 21.0. The highest BCUT2D eigenvalue weighted by Gasteiger charge is 2.31. The summed E-state index contributed by atoms with van der Waals surface area (Å²) >= 11 is 0. The van der Waals surface area contributed by atoms with Crippen LogP contribution in [0.25, 0.3) is 0 Å². The van der Waals surface area contributed by atoms with Crippen molar-refractivity contribution in [3.05, 3.63) is 70.8 Å². The van der Waals surface area contributed by atoms with Gasteiger partial charge in [0, 0.05) is 35.8 Å². The van der Waals surface area contributed by atoms with E-state index in [1.54, 1.807) is 0 Å². The first-order valence-electron chi connectivity index (χ1n) is 9.72. The molecule has 1 aliphatic rings. The third-order valence-electron chi connectivity index (χ3n) is 4.91. The lowest BCUT2D eigenvalue weighted by molar-refractivity contribution is 0.145. The Morgan fingerprint density at radius 2 is 1.59 bits per heavy atom. The molecule has 3 nitrogen and oxygen atoms in total.